The molecule has 1 atom stereocenters. The average molecular weight is 400 g/mol. The fourth-order valence-electron chi connectivity index (χ4n) is 2.72. The summed E-state index contributed by atoms with van der Waals surface area (Å²) in [5.74, 6) is -0.861. The molecule has 152 valence electrons. The molecule has 0 unspecified atom stereocenters. The van der Waals surface area contributed by atoms with E-state index in [1.54, 1.807) is 19.1 Å². The van der Waals surface area contributed by atoms with Crippen LogP contribution in [0.5, 0.6) is 5.75 Å². The number of nitrogens with one attached hydrogen (secondary N) is 1. The second-order valence-corrected chi connectivity index (χ2v) is 6.72. The molecule has 1 heterocycles. The van der Waals surface area contributed by atoms with E-state index in [1.165, 1.54) is 25.3 Å². The maximum Gasteiger partial charge on any atom is 0.273 e. The Morgan fingerprint density at radius 3 is 2.66 bits per heavy atom. The SMILES string of the molecule is CCCOc1cccc(-c2nc(C(=O)N[C@H](C)c3cc(F)c(C)c(F)c3)co2)c1. The molecule has 7 heteroatoms. The van der Waals surface area contributed by atoms with Gasteiger partial charge in [-0.2, -0.15) is 0 Å². The van der Waals surface area contributed by atoms with Crippen LogP contribution in [0.25, 0.3) is 11.5 Å². The lowest BCUT2D eigenvalue weighted by molar-refractivity contribution is 0.0934. The van der Waals surface area contributed by atoms with E-state index in [1.807, 2.05) is 19.1 Å². The molecule has 1 N–H and O–H groups in total. The van der Waals surface area contributed by atoms with Gasteiger partial charge in [-0.05, 0) is 56.2 Å². The molecule has 29 heavy (non-hydrogen) atoms. The van der Waals surface area contributed by atoms with Crippen LogP contribution >= 0.6 is 0 Å². The number of carbonyl (C=O) groups excluding carboxylic acids is 1. The Labute approximate surface area is 167 Å². The molecule has 0 aliphatic carbocycles. The Balaban J connectivity index is 1.72. The largest absolute Gasteiger partial charge is 0.494 e. The number of hydrogen-bond donors (Lipinski definition) is 1. The number of oxazole rings is 1. The summed E-state index contributed by atoms with van der Waals surface area (Å²) in [6, 6.07) is 9.03. The number of aromatic nitrogens is 1. The highest BCUT2D eigenvalue weighted by Crippen LogP contribution is 2.24. The zero-order chi connectivity index (χ0) is 21.0. The summed E-state index contributed by atoms with van der Waals surface area (Å²) in [6.07, 6.45) is 2.13. The summed E-state index contributed by atoms with van der Waals surface area (Å²) in [7, 11) is 0. The van der Waals surface area contributed by atoms with Gasteiger partial charge in [0.1, 0.15) is 23.6 Å². The molecular formula is C22H22F2N2O3. The van der Waals surface area contributed by atoms with Gasteiger partial charge in [-0.1, -0.05) is 13.0 Å². The van der Waals surface area contributed by atoms with Gasteiger partial charge >= 0.3 is 0 Å². The van der Waals surface area contributed by atoms with Gasteiger partial charge in [0, 0.05) is 11.1 Å². The van der Waals surface area contributed by atoms with Gasteiger partial charge in [-0.3, -0.25) is 4.79 Å². The summed E-state index contributed by atoms with van der Waals surface area (Å²) in [6.45, 7) is 5.61. The second-order valence-electron chi connectivity index (χ2n) is 6.72. The molecule has 2 aromatic carbocycles. The van der Waals surface area contributed by atoms with E-state index in [0.717, 1.165) is 6.42 Å². The molecule has 3 aromatic rings. The Morgan fingerprint density at radius 1 is 1.24 bits per heavy atom. The maximum atomic E-state index is 13.8. The van der Waals surface area contributed by atoms with E-state index in [9.17, 15) is 13.6 Å². The Morgan fingerprint density at radius 2 is 1.97 bits per heavy atom. The van der Waals surface area contributed by atoms with Gasteiger partial charge in [0.2, 0.25) is 5.89 Å². The zero-order valence-electron chi connectivity index (χ0n) is 16.5. The van der Waals surface area contributed by atoms with Gasteiger partial charge in [0.25, 0.3) is 5.91 Å². The third-order valence-electron chi connectivity index (χ3n) is 4.44. The van der Waals surface area contributed by atoms with Crippen LogP contribution in [-0.4, -0.2) is 17.5 Å². The van der Waals surface area contributed by atoms with Crippen LogP contribution in [0.3, 0.4) is 0 Å². The van der Waals surface area contributed by atoms with Crippen molar-refractivity contribution in [3.8, 4) is 17.2 Å². The van der Waals surface area contributed by atoms with Gasteiger partial charge in [0.05, 0.1) is 12.6 Å². The first-order chi connectivity index (χ1) is 13.9. The molecule has 3 rings (SSSR count). The normalized spacial score (nSPS) is 11.9. The number of halogens is 2. The molecule has 0 saturated carbocycles. The average Bonchev–Trinajstić information content (AvgIpc) is 3.20. The number of benzene rings is 2. The quantitative estimate of drug-likeness (QED) is 0.591. The lowest BCUT2D eigenvalue weighted by Gasteiger charge is -2.14. The molecular weight excluding hydrogens is 378 g/mol. The van der Waals surface area contributed by atoms with E-state index < -0.39 is 23.6 Å². The van der Waals surface area contributed by atoms with Crippen LogP contribution in [-0.2, 0) is 0 Å². The Kier molecular flexibility index (Phi) is 6.26. The molecule has 0 spiro atoms. The highest BCUT2D eigenvalue weighted by Gasteiger charge is 2.18. The Bertz CT molecular complexity index is 994. The van der Waals surface area contributed by atoms with Crippen LogP contribution in [0.4, 0.5) is 8.78 Å². The van der Waals surface area contributed by atoms with Gasteiger partial charge in [-0.15, -0.1) is 0 Å². The van der Waals surface area contributed by atoms with Gasteiger partial charge in [-0.25, -0.2) is 13.8 Å². The van der Waals surface area contributed by atoms with Crippen LogP contribution in [0.2, 0.25) is 0 Å². The molecule has 1 amide bonds. The molecule has 0 aliphatic rings. The minimum Gasteiger partial charge on any atom is -0.494 e. The second kappa shape index (κ2) is 8.86. The molecule has 0 bridgehead atoms. The maximum absolute atomic E-state index is 13.8. The number of ether oxygens (including phenoxy) is 1. The third-order valence-corrected chi connectivity index (χ3v) is 4.44. The first kappa shape index (κ1) is 20.5. The minimum atomic E-state index is -0.657. The smallest absolute Gasteiger partial charge is 0.273 e. The fraction of sp³-hybridized carbons (Fsp3) is 0.273. The van der Waals surface area contributed by atoms with Gasteiger partial charge < -0.3 is 14.5 Å². The number of hydrogen-bond acceptors (Lipinski definition) is 4. The van der Waals surface area contributed by atoms with Crippen molar-refractivity contribution in [1.29, 1.82) is 0 Å². The van der Waals surface area contributed by atoms with Crippen molar-refractivity contribution >= 4 is 5.91 Å². The molecule has 1 aromatic heterocycles. The summed E-state index contributed by atoms with van der Waals surface area (Å²) in [5.41, 5.74) is 1.01. The number of nitrogens with zero attached hydrogens (tertiary/aromatic N) is 1. The predicted octanol–water partition coefficient (Wildman–Crippen LogP) is 5.21. The van der Waals surface area contributed by atoms with Crippen molar-refractivity contribution in [3.05, 3.63) is 71.1 Å². The highest BCUT2D eigenvalue weighted by atomic mass is 19.1. The van der Waals surface area contributed by atoms with Gasteiger partial charge in [0.15, 0.2) is 5.69 Å². The summed E-state index contributed by atoms with van der Waals surface area (Å²) < 4.78 is 38.6. The van der Waals surface area contributed by atoms with E-state index in [-0.39, 0.29) is 17.1 Å². The van der Waals surface area contributed by atoms with Crippen LogP contribution in [0.15, 0.2) is 47.1 Å². The highest BCUT2D eigenvalue weighted by molar-refractivity contribution is 5.92. The van der Waals surface area contributed by atoms with E-state index in [4.69, 9.17) is 9.15 Å². The van der Waals surface area contributed by atoms with Crippen molar-refractivity contribution in [2.24, 2.45) is 0 Å². The topological polar surface area (TPSA) is 64.4 Å². The summed E-state index contributed by atoms with van der Waals surface area (Å²) >= 11 is 0. The Hall–Kier alpha value is -3.22. The zero-order valence-corrected chi connectivity index (χ0v) is 16.5. The van der Waals surface area contributed by atoms with Crippen molar-refractivity contribution < 1.29 is 22.7 Å². The molecule has 0 radical (unpaired) electrons. The van der Waals surface area contributed by atoms with E-state index in [2.05, 4.69) is 10.3 Å². The van der Waals surface area contributed by atoms with E-state index >= 15 is 0 Å². The van der Waals surface area contributed by atoms with Crippen molar-refractivity contribution in [1.82, 2.24) is 10.3 Å². The molecule has 0 fully saturated rings. The number of rotatable bonds is 7. The summed E-state index contributed by atoms with van der Waals surface area (Å²) in [5, 5.41) is 2.67. The van der Waals surface area contributed by atoms with E-state index in [0.29, 0.717) is 23.5 Å². The number of carbonyl (C=O) groups is 1. The van der Waals surface area contributed by atoms with Crippen LogP contribution < -0.4 is 10.1 Å². The predicted molar refractivity (Wildman–Crippen MR) is 105 cm³/mol. The molecule has 0 aliphatic heterocycles. The van der Waals surface area contributed by atoms with Crippen molar-refractivity contribution in [2.75, 3.05) is 6.61 Å². The first-order valence-corrected chi connectivity index (χ1v) is 9.34. The minimum absolute atomic E-state index is 0.0569. The first-order valence-electron chi connectivity index (χ1n) is 9.34. The molecule has 5 nitrogen and oxygen atoms in total. The van der Waals surface area contributed by atoms with Crippen LogP contribution in [0, 0.1) is 18.6 Å². The number of amides is 1. The lowest BCUT2D eigenvalue weighted by Crippen LogP contribution is -2.27. The fourth-order valence-corrected chi connectivity index (χ4v) is 2.72. The molecule has 0 saturated heterocycles. The monoisotopic (exact) mass is 400 g/mol. The standard InChI is InChI=1S/C22H22F2N2O3/c1-4-8-28-17-7-5-6-15(9-17)22-26-20(12-29-22)21(27)25-14(3)16-10-18(23)13(2)19(24)11-16/h5-7,9-12,14H,4,8H2,1-3H3,(H,25,27)/t14-/m1/s1. The van der Waals surface area contributed by atoms with Crippen LogP contribution in [0.1, 0.15) is 47.9 Å². The third kappa shape index (κ3) is 4.80. The van der Waals surface area contributed by atoms with Crippen molar-refractivity contribution in [3.63, 3.8) is 0 Å². The summed E-state index contributed by atoms with van der Waals surface area (Å²) in [4.78, 5) is 16.7. The lowest BCUT2D eigenvalue weighted by atomic mass is 10.1. The van der Waals surface area contributed by atoms with Crippen molar-refractivity contribution in [2.45, 2.75) is 33.2 Å².